The van der Waals surface area contributed by atoms with Crippen molar-refractivity contribution in [3.8, 4) is 0 Å². The minimum atomic E-state index is -0.162. The van der Waals surface area contributed by atoms with Gasteiger partial charge in [-0.25, -0.2) is 0 Å². The highest BCUT2D eigenvalue weighted by molar-refractivity contribution is 5.76. The van der Waals surface area contributed by atoms with Gasteiger partial charge in [-0.05, 0) is 43.9 Å². The predicted octanol–water partition coefficient (Wildman–Crippen LogP) is 2.84. The molecule has 1 fully saturated rings. The Hall–Kier alpha value is -1.55. The average Bonchev–Trinajstić information content (AvgIpc) is 2.49. The minimum absolute atomic E-state index is 0.00320. The number of para-hydroxylation sites is 1. The fourth-order valence-electron chi connectivity index (χ4n) is 2.88. The maximum Gasteiger partial charge on any atom is 0.221 e. The maximum absolute atomic E-state index is 11.4. The molecule has 1 aromatic carbocycles. The molecule has 3 N–H and O–H groups in total. The second-order valence-electron chi connectivity index (χ2n) is 6.81. The lowest BCUT2D eigenvalue weighted by Gasteiger charge is -2.32. The summed E-state index contributed by atoms with van der Waals surface area (Å²) in [5.41, 5.74) is 7.96. The van der Waals surface area contributed by atoms with Gasteiger partial charge in [-0.2, -0.15) is 0 Å². The van der Waals surface area contributed by atoms with Crippen molar-refractivity contribution >= 4 is 11.6 Å². The Balaban J connectivity index is 2.04. The van der Waals surface area contributed by atoms with Gasteiger partial charge >= 0.3 is 0 Å². The van der Waals surface area contributed by atoms with E-state index in [2.05, 4.69) is 55.3 Å². The molecule has 0 aromatic heterocycles. The first-order valence-corrected chi connectivity index (χ1v) is 8.33. The third-order valence-corrected chi connectivity index (χ3v) is 4.70. The molecular weight excluding hydrogens is 274 g/mol. The van der Waals surface area contributed by atoms with Gasteiger partial charge in [-0.15, -0.1) is 0 Å². The molecular formula is C18H29N3O. The number of piperidine rings is 1. The van der Waals surface area contributed by atoms with E-state index < -0.39 is 0 Å². The molecule has 1 aliphatic rings. The van der Waals surface area contributed by atoms with Crippen LogP contribution in [0.25, 0.3) is 0 Å². The number of nitrogens with two attached hydrogens (primary N) is 1. The van der Waals surface area contributed by atoms with Crippen molar-refractivity contribution in [3.05, 3.63) is 29.8 Å². The first kappa shape index (κ1) is 16.8. The molecule has 0 spiro atoms. The summed E-state index contributed by atoms with van der Waals surface area (Å²) >= 11 is 0. The Morgan fingerprint density at radius 1 is 1.36 bits per heavy atom. The molecule has 1 aromatic rings. The van der Waals surface area contributed by atoms with Crippen LogP contribution in [0.2, 0.25) is 0 Å². The molecule has 2 atom stereocenters. The number of carbonyl (C=O) groups is 1. The van der Waals surface area contributed by atoms with E-state index in [4.69, 9.17) is 5.73 Å². The first-order valence-electron chi connectivity index (χ1n) is 8.33. The Morgan fingerprint density at radius 3 is 2.77 bits per heavy atom. The molecule has 22 heavy (non-hydrogen) atoms. The molecule has 1 saturated heterocycles. The quantitative estimate of drug-likeness (QED) is 0.849. The van der Waals surface area contributed by atoms with Gasteiger partial charge in [0, 0.05) is 24.8 Å². The SMILES string of the molecule is CC(C)[C@H](C)Nc1ccccc1CN1CCC[C@H](C(N)=O)C1. The van der Waals surface area contributed by atoms with Crippen LogP contribution >= 0.6 is 0 Å². The number of nitrogens with one attached hydrogen (secondary N) is 1. The number of hydrogen-bond donors (Lipinski definition) is 2. The number of likely N-dealkylation sites (tertiary alicyclic amines) is 1. The van der Waals surface area contributed by atoms with E-state index >= 15 is 0 Å². The molecule has 4 nitrogen and oxygen atoms in total. The predicted molar refractivity (Wildman–Crippen MR) is 91.6 cm³/mol. The number of amides is 1. The Bertz CT molecular complexity index is 501. The smallest absolute Gasteiger partial charge is 0.221 e. The van der Waals surface area contributed by atoms with Crippen molar-refractivity contribution in [3.63, 3.8) is 0 Å². The van der Waals surface area contributed by atoms with Crippen molar-refractivity contribution < 1.29 is 4.79 Å². The van der Waals surface area contributed by atoms with Crippen LogP contribution in [0.3, 0.4) is 0 Å². The van der Waals surface area contributed by atoms with Crippen molar-refractivity contribution in [1.29, 1.82) is 0 Å². The third-order valence-electron chi connectivity index (χ3n) is 4.70. The summed E-state index contributed by atoms with van der Waals surface area (Å²) in [5, 5.41) is 3.62. The van der Waals surface area contributed by atoms with E-state index in [-0.39, 0.29) is 11.8 Å². The Labute approximate surface area is 134 Å². The van der Waals surface area contributed by atoms with Crippen LogP contribution in [0.15, 0.2) is 24.3 Å². The van der Waals surface area contributed by atoms with Crippen LogP contribution in [-0.2, 0) is 11.3 Å². The summed E-state index contributed by atoms with van der Waals surface area (Å²) in [6.45, 7) is 9.36. The molecule has 1 amide bonds. The van der Waals surface area contributed by atoms with E-state index in [0.717, 1.165) is 32.5 Å². The van der Waals surface area contributed by atoms with Gasteiger partial charge < -0.3 is 11.1 Å². The lowest BCUT2D eigenvalue weighted by Crippen LogP contribution is -2.40. The van der Waals surface area contributed by atoms with Crippen molar-refractivity contribution in [2.75, 3.05) is 18.4 Å². The Kier molecular flexibility index (Phi) is 5.83. The third kappa shape index (κ3) is 4.47. The minimum Gasteiger partial charge on any atom is -0.382 e. The zero-order valence-corrected chi connectivity index (χ0v) is 14.0. The second-order valence-corrected chi connectivity index (χ2v) is 6.81. The number of anilines is 1. The molecule has 1 heterocycles. The van der Waals surface area contributed by atoms with Gasteiger partial charge in [0.1, 0.15) is 0 Å². The van der Waals surface area contributed by atoms with Gasteiger partial charge in [0.25, 0.3) is 0 Å². The summed E-state index contributed by atoms with van der Waals surface area (Å²) in [6, 6.07) is 8.89. The molecule has 2 rings (SSSR count). The molecule has 0 radical (unpaired) electrons. The highest BCUT2D eigenvalue weighted by Crippen LogP contribution is 2.23. The van der Waals surface area contributed by atoms with Crippen LogP contribution < -0.4 is 11.1 Å². The number of rotatable bonds is 6. The fraction of sp³-hybridized carbons (Fsp3) is 0.611. The molecule has 0 unspecified atom stereocenters. The number of carbonyl (C=O) groups excluding carboxylic acids is 1. The zero-order valence-electron chi connectivity index (χ0n) is 14.0. The normalized spacial score (nSPS) is 20.8. The van der Waals surface area contributed by atoms with Gasteiger partial charge in [0.15, 0.2) is 0 Å². The van der Waals surface area contributed by atoms with Gasteiger partial charge in [0.05, 0.1) is 5.92 Å². The van der Waals surface area contributed by atoms with Crippen molar-refractivity contribution in [1.82, 2.24) is 4.90 Å². The molecule has 0 aliphatic carbocycles. The standard InChI is InChI=1S/C18H29N3O/c1-13(2)14(3)20-17-9-5-4-7-15(17)11-21-10-6-8-16(12-21)18(19)22/h4-5,7,9,13-14,16,20H,6,8,10-12H2,1-3H3,(H2,19,22)/t14-,16-/m0/s1. The van der Waals surface area contributed by atoms with Crippen LogP contribution in [-0.4, -0.2) is 29.9 Å². The summed E-state index contributed by atoms with van der Waals surface area (Å²) in [7, 11) is 0. The monoisotopic (exact) mass is 303 g/mol. The fourth-order valence-corrected chi connectivity index (χ4v) is 2.88. The average molecular weight is 303 g/mol. The second kappa shape index (κ2) is 7.63. The zero-order chi connectivity index (χ0) is 16.1. The van der Waals surface area contributed by atoms with Gasteiger partial charge in [-0.1, -0.05) is 32.0 Å². The molecule has 122 valence electrons. The van der Waals surface area contributed by atoms with Crippen LogP contribution in [0.4, 0.5) is 5.69 Å². The van der Waals surface area contributed by atoms with E-state index in [1.165, 1.54) is 11.3 Å². The van der Waals surface area contributed by atoms with Crippen molar-refractivity contribution in [2.45, 2.75) is 46.2 Å². The number of primary amides is 1. The van der Waals surface area contributed by atoms with Crippen molar-refractivity contribution in [2.24, 2.45) is 17.6 Å². The summed E-state index contributed by atoms with van der Waals surface area (Å²) < 4.78 is 0. The topological polar surface area (TPSA) is 58.4 Å². The van der Waals surface area contributed by atoms with Gasteiger partial charge in [0.2, 0.25) is 5.91 Å². The van der Waals surface area contributed by atoms with E-state index in [9.17, 15) is 4.79 Å². The molecule has 1 aliphatic heterocycles. The molecule has 0 saturated carbocycles. The highest BCUT2D eigenvalue weighted by Gasteiger charge is 2.24. The summed E-state index contributed by atoms with van der Waals surface area (Å²) in [4.78, 5) is 13.8. The van der Waals surface area contributed by atoms with Crippen LogP contribution in [0.5, 0.6) is 0 Å². The number of nitrogens with zero attached hydrogens (tertiary/aromatic N) is 1. The maximum atomic E-state index is 11.4. The van der Waals surface area contributed by atoms with E-state index in [1.54, 1.807) is 0 Å². The molecule has 0 bridgehead atoms. The lowest BCUT2D eigenvalue weighted by molar-refractivity contribution is -0.123. The highest BCUT2D eigenvalue weighted by atomic mass is 16.1. The number of hydrogen-bond acceptors (Lipinski definition) is 3. The summed E-state index contributed by atoms with van der Waals surface area (Å²) in [5.74, 6) is 0.426. The van der Waals surface area contributed by atoms with Crippen LogP contribution in [0.1, 0.15) is 39.2 Å². The first-order chi connectivity index (χ1) is 10.5. The number of benzene rings is 1. The Morgan fingerprint density at radius 2 is 2.09 bits per heavy atom. The van der Waals surface area contributed by atoms with Crippen LogP contribution in [0, 0.1) is 11.8 Å². The summed E-state index contributed by atoms with van der Waals surface area (Å²) in [6.07, 6.45) is 1.97. The largest absolute Gasteiger partial charge is 0.382 e. The molecule has 4 heteroatoms. The van der Waals surface area contributed by atoms with Gasteiger partial charge in [-0.3, -0.25) is 9.69 Å². The van der Waals surface area contributed by atoms with E-state index in [1.807, 2.05) is 0 Å². The lowest BCUT2D eigenvalue weighted by atomic mass is 9.97. The van der Waals surface area contributed by atoms with E-state index in [0.29, 0.717) is 12.0 Å².